The highest BCUT2D eigenvalue weighted by atomic mass is 19.1. The summed E-state index contributed by atoms with van der Waals surface area (Å²) in [6, 6.07) is 7.39. The van der Waals surface area contributed by atoms with Gasteiger partial charge in [0.2, 0.25) is 5.60 Å². The molecular weight excluding hydrogens is 277 g/mol. The van der Waals surface area contributed by atoms with Crippen LogP contribution in [0.4, 0.5) is 10.2 Å². The van der Waals surface area contributed by atoms with Gasteiger partial charge in [0.05, 0.1) is 5.71 Å². The van der Waals surface area contributed by atoms with Gasteiger partial charge < -0.3 is 14.7 Å². The van der Waals surface area contributed by atoms with Gasteiger partial charge in [0.1, 0.15) is 12.1 Å². The fourth-order valence-electron chi connectivity index (χ4n) is 1.98. The molecule has 0 radical (unpaired) electrons. The van der Waals surface area contributed by atoms with Crippen LogP contribution < -0.4 is 5.32 Å². The second-order valence-electron chi connectivity index (χ2n) is 4.88. The van der Waals surface area contributed by atoms with Crippen LogP contribution in [0.1, 0.15) is 18.9 Å². The molecule has 7 heteroatoms. The first-order valence-corrected chi connectivity index (χ1v) is 6.30. The fourth-order valence-corrected chi connectivity index (χ4v) is 1.98. The molecule has 0 unspecified atom stereocenters. The zero-order valence-corrected chi connectivity index (χ0v) is 11.2. The summed E-state index contributed by atoms with van der Waals surface area (Å²) in [5.74, 6) is -0.401. The Labute approximate surface area is 119 Å². The van der Waals surface area contributed by atoms with Crippen molar-refractivity contribution in [3.8, 4) is 0 Å². The molecule has 1 aliphatic rings. The van der Waals surface area contributed by atoms with Crippen molar-refractivity contribution < 1.29 is 18.5 Å². The van der Waals surface area contributed by atoms with Crippen LogP contribution in [0.5, 0.6) is 0 Å². The molecule has 2 heterocycles. The standard InChI is InChI=1S/C14H12FN3O3/c1-14(13(19)16-12-6-7-20-18-12)8-11(17-21-14)9-2-4-10(15)5-3-9/h2-7H,8H2,1H3,(H,16,18,19)/t14-/m1/s1. The Bertz CT molecular complexity index is 682. The van der Waals surface area contributed by atoms with Crippen molar-refractivity contribution in [3.05, 3.63) is 48.0 Å². The number of oxime groups is 1. The quantitative estimate of drug-likeness (QED) is 0.940. The molecular formula is C14H12FN3O3. The number of rotatable bonds is 3. The number of halogens is 1. The SMILES string of the molecule is C[C@]1(C(=O)Nc2ccon2)CC(c2ccc(F)cc2)=NO1. The normalized spacial score (nSPS) is 20.8. The third-order valence-corrected chi connectivity index (χ3v) is 3.20. The second-order valence-corrected chi connectivity index (χ2v) is 4.88. The molecule has 0 saturated heterocycles. The van der Waals surface area contributed by atoms with Gasteiger partial charge in [-0.15, -0.1) is 0 Å². The Balaban J connectivity index is 1.71. The molecule has 2 aromatic rings. The highest BCUT2D eigenvalue weighted by Crippen LogP contribution is 2.28. The van der Waals surface area contributed by atoms with Gasteiger partial charge >= 0.3 is 0 Å². The maximum Gasteiger partial charge on any atom is 0.272 e. The molecule has 1 aromatic carbocycles. The predicted molar refractivity (Wildman–Crippen MR) is 72.2 cm³/mol. The molecule has 21 heavy (non-hydrogen) atoms. The van der Waals surface area contributed by atoms with Crippen molar-refractivity contribution in [2.24, 2.45) is 5.16 Å². The Morgan fingerprint density at radius 2 is 2.10 bits per heavy atom. The number of carbonyl (C=O) groups is 1. The van der Waals surface area contributed by atoms with E-state index in [0.29, 0.717) is 11.5 Å². The lowest BCUT2D eigenvalue weighted by Crippen LogP contribution is -2.40. The van der Waals surface area contributed by atoms with Crippen LogP contribution in [-0.4, -0.2) is 22.4 Å². The molecule has 0 fully saturated rings. The molecule has 1 amide bonds. The van der Waals surface area contributed by atoms with E-state index in [2.05, 4.69) is 20.2 Å². The fraction of sp³-hybridized carbons (Fsp3) is 0.214. The molecule has 108 valence electrons. The van der Waals surface area contributed by atoms with Gasteiger partial charge in [-0.1, -0.05) is 22.4 Å². The van der Waals surface area contributed by atoms with Crippen LogP contribution in [0.15, 0.2) is 46.3 Å². The van der Waals surface area contributed by atoms with Crippen LogP contribution in [0.3, 0.4) is 0 Å². The number of amides is 1. The Hall–Kier alpha value is -2.70. The summed E-state index contributed by atoms with van der Waals surface area (Å²) in [6.45, 7) is 1.63. The average Bonchev–Trinajstić information content (AvgIpc) is 3.10. The smallest absolute Gasteiger partial charge is 0.272 e. The van der Waals surface area contributed by atoms with Crippen LogP contribution in [0, 0.1) is 5.82 Å². The molecule has 0 aliphatic carbocycles. The lowest BCUT2D eigenvalue weighted by Gasteiger charge is -2.19. The van der Waals surface area contributed by atoms with Crippen molar-refractivity contribution in [1.29, 1.82) is 0 Å². The first-order chi connectivity index (χ1) is 10.1. The Kier molecular flexibility index (Phi) is 3.17. The van der Waals surface area contributed by atoms with Crippen LogP contribution in [0.2, 0.25) is 0 Å². The number of nitrogens with zero attached hydrogens (tertiary/aromatic N) is 2. The van der Waals surface area contributed by atoms with E-state index >= 15 is 0 Å². The third-order valence-electron chi connectivity index (χ3n) is 3.20. The number of hydrogen-bond donors (Lipinski definition) is 1. The monoisotopic (exact) mass is 289 g/mol. The number of anilines is 1. The highest BCUT2D eigenvalue weighted by Gasteiger charge is 2.42. The third kappa shape index (κ3) is 2.62. The lowest BCUT2D eigenvalue weighted by molar-refractivity contribution is -0.136. The Morgan fingerprint density at radius 1 is 1.33 bits per heavy atom. The van der Waals surface area contributed by atoms with Crippen molar-refractivity contribution in [1.82, 2.24) is 5.16 Å². The van der Waals surface area contributed by atoms with Gasteiger partial charge in [-0.25, -0.2) is 4.39 Å². The summed E-state index contributed by atoms with van der Waals surface area (Å²) < 4.78 is 17.6. The van der Waals surface area contributed by atoms with Crippen molar-refractivity contribution in [2.45, 2.75) is 18.9 Å². The largest absolute Gasteiger partial charge is 0.379 e. The Morgan fingerprint density at radius 3 is 2.76 bits per heavy atom. The zero-order chi connectivity index (χ0) is 14.9. The molecule has 6 nitrogen and oxygen atoms in total. The molecule has 0 saturated carbocycles. The van der Waals surface area contributed by atoms with Crippen molar-refractivity contribution >= 4 is 17.4 Å². The van der Waals surface area contributed by atoms with E-state index in [1.54, 1.807) is 19.1 Å². The van der Waals surface area contributed by atoms with Gasteiger partial charge in [-0.2, -0.15) is 0 Å². The van der Waals surface area contributed by atoms with Gasteiger partial charge in [-0.3, -0.25) is 4.79 Å². The van der Waals surface area contributed by atoms with Crippen molar-refractivity contribution in [2.75, 3.05) is 5.32 Å². The predicted octanol–water partition coefficient (Wildman–Crippen LogP) is 2.34. The minimum atomic E-state index is -1.14. The van der Waals surface area contributed by atoms with Gasteiger partial charge in [0.25, 0.3) is 5.91 Å². The molecule has 0 spiro atoms. The van der Waals surface area contributed by atoms with E-state index in [1.165, 1.54) is 24.5 Å². The van der Waals surface area contributed by atoms with E-state index in [1.807, 2.05) is 0 Å². The first-order valence-electron chi connectivity index (χ1n) is 6.30. The molecule has 1 aromatic heterocycles. The summed E-state index contributed by atoms with van der Waals surface area (Å²) in [7, 11) is 0. The van der Waals surface area contributed by atoms with Crippen LogP contribution in [0.25, 0.3) is 0 Å². The summed E-state index contributed by atoms with van der Waals surface area (Å²) in [4.78, 5) is 17.5. The minimum Gasteiger partial charge on any atom is -0.379 e. The molecule has 1 N–H and O–H groups in total. The number of hydrogen-bond acceptors (Lipinski definition) is 5. The minimum absolute atomic E-state index is 0.280. The van der Waals surface area contributed by atoms with Gasteiger partial charge in [-0.05, 0) is 24.6 Å². The van der Waals surface area contributed by atoms with E-state index in [4.69, 9.17) is 4.84 Å². The van der Waals surface area contributed by atoms with Crippen LogP contribution >= 0.6 is 0 Å². The summed E-state index contributed by atoms with van der Waals surface area (Å²) >= 11 is 0. The average molecular weight is 289 g/mol. The summed E-state index contributed by atoms with van der Waals surface area (Å²) in [6.07, 6.45) is 1.64. The van der Waals surface area contributed by atoms with Gasteiger partial charge in [0.15, 0.2) is 5.82 Å². The van der Waals surface area contributed by atoms with E-state index < -0.39 is 5.60 Å². The highest BCUT2D eigenvalue weighted by molar-refractivity contribution is 6.07. The van der Waals surface area contributed by atoms with Gasteiger partial charge in [0, 0.05) is 12.5 Å². The van der Waals surface area contributed by atoms with Crippen LogP contribution in [-0.2, 0) is 9.63 Å². The van der Waals surface area contributed by atoms with E-state index in [-0.39, 0.29) is 18.1 Å². The van der Waals surface area contributed by atoms with E-state index in [0.717, 1.165) is 5.56 Å². The number of benzene rings is 1. The summed E-state index contributed by atoms with van der Waals surface area (Å²) in [5, 5.41) is 10.1. The van der Waals surface area contributed by atoms with Crippen molar-refractivity contribution in [3.63, 3.8) is 0 Å². The number of carbonyl (C=O) groups excluding carboxylic acids is 1. The molecule has 0 bridgehead atoms. The molecule has 1 atom stereocenters. The first kappa shape index (κ1) is 13.3. The van der Waals surface area contributed by atoms with E-state index in [9.17, 15) is 9.18 Å². The second kappa shape index (κ2) is 5.01. The molecule has 1 aliphatic heterocycles. The maximum absolute atomic E-state index is 12.9. The number of aromatic nitrogens is 1. The maximum atomic E-state index is 12.9. The number of nitrogens with one attached hydrogen (secondary N) is 1. The zero-order valence-electron chi connectivity index (χ0n) is 11.2. The lowest BCUT2D eigenvalue weighted by atomic mass is 9.95. The summed E-state index contributed by atoms with van der Waals surface area (Å²) in [5.41, 5.74) is 0.171. The topological polar surface area (TPSA) is 76.7 Å². The molecule has 3 rings (SSSR count).